The second-order valence-electron chi connectivity index (χ2n) is 6.19. The molecule has 4 rings (SSSR count). The van der Waals surface area contributed by atoms with Gasteiger partial charge in [-0.2, -0.15) is 0 Å². The van der Waals surface area contributed by atoms with Crippen LogP contribution in [0.25, 0.3) is 21.7 Å². The number of nitrogens with one attached hydrogen (secondary N) is 1. The molecule has 4 aromatic rings. The largest absolute Gasteiger partial charge is 0.452 e. The van der Waals surface area contributed by atoms with E-state index in [1.165, 1.54) is 0 Å². The number of carbonyl (C=O) groups is 2. The van der Waals surface area contributed by atoms with E-state index in [0.29, 0.717) is 21.9 Å². The molecule has 0 aliphatic rings. The summed E-state index contributed by atoms with van der Waals surface area (Å²) in [5, 5.41) is 5.87. The third kappa shape index (κ3) is 3.80. The number of carbonyl (C=O) groups excluding carboxylic acids is 2. The first-order valence-corrected chi connectivity index (χ1v) is 8.99. The molecule has 0 fully saturated rings. The molecule has 138 valence electrons. The Morgan fingerprint density at radius 1 is 0.929 bits per heavy atom. The fourth-order valence-electron chi connectivity index (χ4n) is 2.96. The van der Waals surface area contributed by atoms with E-state index in [9.17, 15) is 9.59 Å². The van der Waals surface area contributed by atoms with Crippen LogP contribution in [0.5, 0.6) is 0 Å². The van der Waals surface area contributed by atoms with Gasteiger partial charge in [0, 0.05) is 16.5 Å². The van der Waals surface area contributed by atoms with Crippen molar-refractivity contribution in [2.24, 2.45) is 0 Å². The number of anilines is 1. The van der Waals surface area contributed by atoms with Gasteiger partial charge in [-0.05, 0) is 41.8 Å². The Morgan fingerprint density at radius 3 is 2.64 bits per heavy atom. The topological polar surface area (TPSA) is 68.3 Å². The summed E-state index contributed by atoms with van der Waals surface area (Å²) >= 11 is 5.86. The number of aromatic nitrogens is 1. The zero-order valence-corrected chi connectivity index (χ0v) is 15.4. The number of fused-ring (bicyclic) bond motifs is 2. The summed E-state index contributed by atoms with van der Waals surface area (Å²) in [7, 11) is 0. The van der Waals surface area contributed by atoms with E-state index in [2.05, 4.69) is 10.3 Å². The molecule has 0 unspecified atom stereocenters. The Labute approximate surface area is 165 Å². The maximum Gasteiger partial charge on any atom is 0.338 e. The second kappa shape index (κ2) is 7.66. The number of esters is 1. The Morgan fingerprint density at radius 2 is 1.75 bits per heavy atom. The van der Waals surface area contributed by atoms with E-state index >= 15 is 0 Å². The molecule has 0 radical (unpaired) electrons. The summed E-state index contributed by atoms with van der Waals surface area (Å²) in [4.78, 5) is 28.7. The average Bonchev–Trinajstić information content (AvgIpc) is 2.72. The summed E-state index contributed by atoms with van der Waals surface area (Å²) in [6.45, 7) is -0.376. The molecule has 6 heteroatoms. The highest BCUT2D eigenvalue weighted by molar-refractivity contribution is 6.29. The van der Waals surface area contributed by atoms with Crippen molar-refractivity contribution >= 4 is 50.8 Å². The van der Waals surface area contributed by atoms with Crippen molar-refractivity contribution in [2.45, 2.75) is 0 Å². The summed E-state index contributed by atoms with van der Waals surface area (Å²) in [6.07, 6.45) is 0. The van der Waals surface area contributed by atoms with Crippen LogP contribution in [0.15, 0.2) is 72.8 Å². The molecule has 5 nitrogen and oxygen atoms in total. The Balaban J connectivity index is 1.43. The third-order valence-electron chi connectivity index (χ3n) is 4.29. The average molecular weight is 391 g/mol. The molecule has 0 spiro atoms. The molecular formula is C22H15ClN2O3. The number of amides is 1. The standard InChI is InChI=1S/C22H15ClN2O3/c23-20-11-9-15-12-16(8-10-18(15)24-20)22(27)28-13-21(26)25-19-7-3-5-14-4-1-2-6-17(14)19/h1-12H,13H2,(H,25,26). The second-order valence-corrected chi connectivity index (χ2v) is 6.58. The SMILES string of the molecule is O=C(COC(=O)c1ccc2nc(Cl)ccc2c1)Nc1cccc2ccccc12. The molecule has 0 atom stereocenters. The summed E-state index contributed by atoms with van der Waals surface area (Å²) in [6, 6.07) is 21.7. The number of pyridine rings is 1. The number of rotatable bonds is 4. The lowest BCUT2D eigenvalue weighted by Crippen LogP contribution is -2.21. The summed E-state index contributed by atoms with van der Waals surface area (Å²) in [5.41, 5.74) is 1.69. The molecule has 28 heavy (non-hydrogen) atoms. The normalized spacial score (nSPS) is 10.8. The van der Waals surface area contributed by atoms with Crippen molar-refractivity contribution in [2.75, 3.05) is 11.9 Å². The van der Waals surface area contributed by atoms with E-state index in [1.807, 2.05) is 42.5 Å². The zero-order chi connectivity index (χ0) is 19.5. The van der Waals surface area contributed by atoms with Crippen LogP contribution in [0.1, 0.15) is 10.4 Å². The van der Waals surface area contributed by atoms with Gasteiger partial charge in [0.2, 0.25) is 0 Å². The molecule has 0 aliphatic carbocycles. The highest BCUT2D eigenvalue weighted by atomic mass is 35.5. The van der Waals surface area contributed by atoms with Gasteiger partial charge >= 0.3 is 5.97 Å². The molecule has 0 saturated carbocycles. The number of ether oxygens (including phenoxy) is 1. The molecule has 1 amide bonds. The quantitative estimate of drug-likeness (QED) is 0.400. The van der Waals surface area contributed by atoms with Crippen molar-refractivity contribution in [3.05, 3.63) is 83.5 Å². The minimum atomic E-state index is -0.579. The lowest BCUT2D eigenvalue weighted by atomic mass is 10.1. The predicted octanol–water partition coefficient (Wildman–Crippen LogP) is 4.84. The van der Waals surface area contributed by atoms with Crippen LogP contribution in [-0.2, 0) is 9.53 Å². The van der Waals surface area contributed by atoms with Crippen LogP contribution in [0.3, 0.4) is 0 Å². The van der Waals surface area contributed by atoms with Gasteiger partial charge in [-0.3, -0.25) is 4.79 Å². The van der Waals surface area contributed by atoms with E-state index in [0.717, 1.165) is 16.2 Å². The van der Waals surface area contributed by atoms with Crippen molar-refractivity contribution < 1.29 is 14.3 Å². The molecule has 0 aliphatic heterocycles. The molecule has 1 heterocycles. The number of hydrogen-bond acceptors (Lipinski definition) is 4. The summed E-state index contributed by atoms with van der Waals surface area (Å²) in [5.74, 6) is -0.983. The van der Waals surface area contributed by atoms with Crippen molar-refractivity contribution in [1.82, 2.24) is 4.98 Å². The molecule has 1 aromatic heterocycles. The van der Waals surface area contributed by atoms with E-state index in [-0.39, 0.29) is 6.61 Å². The lowest BCUT2D eigenvalue weighted by molar-refractivity contribution is -0.119. The first kappa shape index (κ1) is 17.9. The fraction of sp³-hybridized carbons (Fsp3) is 0.0455. The van der Waals surface area contributed by atoms with Crippen molar-refractivity contribution in [3.63, 3.8) is 0 Å². The van der Waals surface area contributed by atoms with Crippen LogP contribution >= 0.6 is 11.6 Å². The monoisotopic (exact) mass is 390 g/mol. The van der Waals surface area contributed by atoms with E-state index < -0.39 is 11.9 Å². The van der Waals surface area contributed by atoms with Crippen LogP contribution in [0, 0.1) is 0 Å². The van der Waals surface area contributed by atoms with Crippen molar-refractivity contribution in [1.29, 1.82) is 0 Å². The first-order chi connectivity index (χ1) is 13.6. The van der Waals surface area contributed by atoms with E-state index in [1.54, 1.807) is 30.3 Å². The minimum Gasteiger partial charge on any atom is -0.452 e. The van der Waals surface area contributed by atoms with Gasteiger partial charge in [-0.25, -0.2) is 9.78 Å². The van der Waals surface area contributed by atoms with Crippen LogP contribution in [0.2, 0.25) is 5.15 Å². The van der Waals surface area contributed by atoms with Crippen LogP contribution in [-0.4, -0.2) is 23.5 Å². The van der Waals surface area contributed by atoms with Gasteiger partial charge in [0.05, 0.1) is 11.1 Å². The van der Waals surface area contributed by atoms with Gasteiger partial charge in [0.25, 0.3) is 5.91 Å². The van der Waals surface area contributed by atoms with Crippen LogP contribution in [0.4, 0.5) is 5.69 Å². The van der Waals surface area contributed by atoms with Gasteiger partial charge in [-0.15, -0.1) is 0 Å². The highest BCUT2D eigenvalue weighted by Gasteiger charge is 2.12. The maximum absolute atomic E-state index is 12.3. The number of hydrogen-bond donors (Lipinski definition) is 1. The first-order valence-electron chi connectivity index (χ1n) is 8.61. The Kier molecular flexibility index (Phi) is 4.91. The Bertz CT molecular complexity index is 1200. The lowest BCUT2D eigenvalue weighted by Gasteiger charge is -2.09. The van der Waals surface area contributed by atoms with Crippen LogP contribution < -0.4 is 5.32 Å². The zero-order valence-electron chi connectivity index (χ0n) is 14.7. The smallest absolute Gasteiger partial charge is 0.338 e. The third-order valence-corrected chi connectivity index (χ3v) is 4.50. The molecule has 3 aromatic carbocycles. The summed E-state index contributed by atoms with van der Waals surface area (Å²) < 4.78 is 5.15. The van der Waals surface area contributed by atoms with Gasteiger partial charge in [-0.1, -0.05) is 48.0 Å². The predicted molar refractivity (Wildman–Crippen MR) is 110 cm³/mol. The molecule has 0 bridgehead atoms. The Hall–Kier alpha value is -3.44. The van der Waals surface area contributed by atoms with Gasteiger partial charge < -0.3 is 10.1 Å². The molecular weight excluding hydrogens is 376 g/mol. The maximum atomic E-state index is 12.3. The van der Waals surface area contributed by atoms with Crippen molar-refractivity contribution in [3.8, 4) is 0 Å². The molecule has 0 saturated heterocycles. The minimum absolute atomic E-state index is 0.342. The fourth-order valence-corrected chi connectivity index (χ4v) is 3.12. The number of halogens is 1. The van der Waals surface area contributed by atoms with Gasteiger partial charge in [0.1, 0.15) is 5.15 Å². The van der Waals surface area contributed by atoms with E-state index in [4.69, 9.17) is 16.3 Å². The molecule has 1 N–H and O–H groups in total. The number of benzene rings is 3. The number of nitrogens with zero attached hydrogens (tertiary/aromatic N) is 1. The van der Waals surface area contributed by atoms with Gasteiger partial charge in [0.15, 0.2) is 6.61 Å². The highest BCUT2D eigenvalue weighted by Crippen LogP contribution is 2.23.